The molecule has 0 aromatic heterocycles. The van der Waals surface area contributed by atoms with Crippen molar-refractivity contribution in [3.05, 3.63) is 65.5 Å². The molecule has 3 aliphatic heterocycles. The summed E-state index contributed by atoms with van der Waals surface area (Å²) in [6, 6.07) is 14.0. The van der Waals surface area contributed by atoms with Crippen molar-refractivity contribution < 1.29 is 28.1 Å². The van der Waals surface area contributed by atoms with E-state index in [1.54, 1.807) is 25.3 Å². The van der Waals surface area contributed by atoms with Crippen LogP contribution in [0.5, 0.6) is 23.0 Å². The molecule has 0 radical (unpaired) electrons. The van der Waals surface area contributed by atoms with Crippen LogP contribution in [0.25, 0.3) is 11.1 Å². The van der Waals surface area contributed by atoms with Crippen LogP contribution < -0.4 is 23.8 Å². The number of carbonyl (C=O) groups is 1. The van der Waals surface area contributed by atoms with E-state index in [4.69, 9.17) is 18.9 Å². The summed E-state index contributed by atoms with van der Waals surface area (Å²) in [4.78, 5) is 16.1. The van der Waals surface area contributed by atoms with Gasteiger partial charge in [-0.15, -0.1) is 0 Å². The first-order valence-electron chi connectivity index (χ1n) is 11.9. The van der Waals surface area contributed by atoms with E-state index in [1.165, 1.54) is 6.07 Å². The first kappa shape index (κ1) is 21.8. The number of benzene rings is 3. The molecule has 3 aliphatic rings. The van der Waals surface area contributed by atoms with E-state index < -0.39 is 5.41 Å². The highest BCUT2D eigenvalue weighted by Gasteiger charge is 2.58. The maximum atomic E-state index is 15.2. The van der Waals surface area contributed by atoms with Crippen molar-refractivity contribution in [2.24, 2.45) is 0 Å². The third-order valence-electron chi connectivity index (χ3n) is 7.20. The number of amides is 1. The van der Waals surface area contributed by atoms with Gasteiger partial charge in [0.05, 0.1) is 7.11 Å². The summed E-state index contributed by atoms with van der Waals surface area (Å²) < 4.78 is 37.9. The zero-order valence-corrected chi connectivity index (χ0v) is 19.7. The van der Waals surface area contributed by atoms with Gasteiger partial charge in [-0.2, -0.15) is 0 Å². The zero-order chi connectivity index (χ0) is 24.2. The highest BCUT2D eigenvalue weighted by molar-refractivity contribution is 6.13. The van der Waals surface area contributed by atoms with Crippen molar-refractivity contribution in [1.82, 2.24) is 0 Å². The van der Waals surface area contributed by atoms with Crippen LogP contribution in [0.2, 0.25) is 0 Å². The van der Waals surface area contributed by atoms with E-state index in [-0.39, 0.29) is 25.1 Å². The molecule has 3 aromatic rings. The van der Waals surface area contributed by atoms with Crippen LogP contribution in [0.1, 0.15) is 37.3 Å². The quantitative estimate of drug-likeness (QED) is 0.444. The van der Waals surface area contributed by atoms with E-state index in [9.17, 15) is 4.79 Å². The normalized spacial score (nSPS) is 19.2. The average Bonchev–Trinajstić information content (AvgIpc) is 3.55. The van der Waals surface area contributed by atoms with E-state index in [0.29, 0.717) is 40.7 Å². The van der Waals surface area contributed by atoms with E-state index in [0.717, 1.165) is 36.1 Å². The second-order valence-corrected chi connectivity index (χ2v) is 9.11. The molecule has 1 amide bonds. The molecule has 3 aromatic carbocycles. The second kappa shape index (κ2) is 8.18. The largest absolute Gasteiger partial charge is 0.497 e. The van der Waals surface area contributed by atoms with Crippen molar-refractivity contribution in [2.75, 3.05) is 32.0 Å². The van der Waals surface area contributed by atoms with Crippen LogP contribution in [0, 0.1) is 5.82 Å². The summed E-state index contributed by atoms with van der Waals surface area (Å²) >= 11 is 0. The molecule has 6 rings (SSSR count). The molecule has 6 nitrogen and oxygen atoms in total. The number of ether oxygens (including phenoxy) is 4. The molecule has 35 heavy (non-hydrogen) atoms. The van der Waals surface area contributed by atoms with Crippen molar-refractivity contribution >= 4 is 11.6 Å². The van der Waals surface area contributed by atoms with Gasteiger partial charge in [0.25, 0.3) is 0 Å². The molecule has 0 saturated carbocycles. The molecule has 1 unspecified atom stereocenters. The first-order chi connectivity index (χ1) is 17.1. The van der Waals surface area contributed by atoms with Gasteiger partial charge in [-0.05, 0) is 42.3 Å². The van der Waals surface area contributed by atoms with Gasteiger partial charge >= 0.3 is 0 Å². The van der Waals surface area contributed by atoms with Crippen LogP contribution >= 0.6 is 0 Å². The molecular formula is C28H26FNO5. The molecule has 0 fully saturated rings. The number of hydrogen-bond donors (Lipinski definition) is 0. The first-order valence-corrected chi connectivity index (χ1v) is 11.9. The Morgan fingerprint density at radius 3 is 2.63 bits per heavy atom. The maximum Gasteiger partial charge on any atom is 0.245 e. The highest BCUT2D eigenvalue weighted by Crippen LogP contribution is 2.57. The Morgan fingerprint density at radius 2 is 1.83 bits per heavy atom. The molecule has 3 heterocycles. The Hall–Kier alpha value is -3.74. The SMILES string of the molecule is CCCCCN1C(=O)C2(COc3cc4c(cc32)OCO4)c2c(-c3cc(OC)ccc3F)cccc21. The number of hydrogen-bond acceptors (Lipinski definition) is 5. The molecule has 180 valence electrons. The number of nitrogens with zero attached hydrogens (tertiary/aromatic N) is 1. The number of anilines is 1. The fourth-order valence-electron chi connectivity index (χ4n) is 5.49. The van der Waals surface area contributed by atoms with Gasteiger partial charge in [-0.3, -0.25) is 4.79 Å². The summed E-state index contributed by atoms with van der Waals surface area (Å²) in [6.07, 6.45) is 2.94. The Morgan fingerprint density at radius 1 is 1.00 bits per heavy atom. The highest BCUT2D eigenvalue weighted by atomic mass is 19.1. The van der Waals surface area contributed by atoms with Crippen LogP contribution in [0.3, 0.4) is 0 Å². The summed E-state index contributed by atoms with van der Waals surface area (Å²) in [5.74, 6) is 1.87. The van der Waals surface area contributed by atoms with E-state index >= 15 is 4.39 Å². The zero-order valence-electron chi connectivity index (χ0n) is 19.7. The fraction of sp³-hybridized carbons (Fsp3) is 0.321. The smallest absolute Gasteiger partial charge is 0.245 e. The number of halogens is 1. The lowest BCUT2D eigenvalue weighted by molar-refractivity contribution is -0.122. The Labute approximate surface area is 203 Å². The summed E-state index contributed by atoms with van der Waals surface area (Å²) in [7, 11) is 1.55. The predicted molar refractivity (Wildman–Crippen MR) is 129 cm³/mol. The van der Waals surface area contributed by atoms with Crippen molar-refractivity contribution in [3.63, 3.8) is 0 Å². The lowest BCUT2D eigenvalue weighted by Gasteiger charge is -2.24. The number of methoxy groups -OCH3 is 1. The predicted octanol–water partition coefficient (Wildman–Crippen LogP) is 5.45. The van der Waals surface area contributed by atoms with Gasteiger partial charge in [-0.25, -0.2) is 4.39 Å². The van der Waals surface area contributed by atoms with Gasteiger partial charge in [-0.1, -0.05) is 31.9 Å². The monoisotopic (exact) mass is 475 g/mol. The molecule has 0 N–H and O–H groups in total. The van der Waals surface area contributed by atoms with Crippen LogP contribution in [0.4, 0.5) is 10.1 Å². The summed E-state index contributed by atoms with van der Waals surface area (Å²) in [5.41, 5.74) is 2.20. The van der Waals surface area contributed by atoms with Crippen molar-refractivity contribution in [2.45, 2.75) is 31.6 Å². The Balaban J connectivity index is 1.60. The standard InChI is InChI=1S/C28H26FNO5/c1-3-4-5-11-30-22-8-6-7-18(19-12-17(32-2)9-10-21(19)29)26(22)28(27(30)31)15-33-23-14-25-24(13-20(23)28)34-16-35-25/h6-10,12-14H,3-5,11,15-16H2,1-2H3. The van der Waals surface area contributed by atoms with Crippen molar-refractivity contribution in [1.29, 1.82) is 0 Å². The molecule has 7 heteroatoms. The van der Waals surface area contributed by atoms with Crippen LogP contribution in [-0.2, 0) is 10.2 Å². The molecule has 1 atom stereocenters. The minimum Gasteiger partial charge on any atom is -0.497 e. The van der Waals surface area contributed by atoms with Gasteiger partial charge in [0.15, 0.2) is 11.5 Å². The molecule has 1 spiro atoms. The molecule has 0 saturated heterocycles. The second-order valence-electron chi connectivity index (χ2n) is 9.11. The number of rotatable bonds is 6. The van der Waals surface area contributed by atoms with Crippen LogP contribution in [0.15, 0.2) is 48.5 Å². The number of carbonyl (C=O) groups excluding carboxylic acids is 1. The topological polar surface area (TPSA) is 57.2 Å². The third kappa shape index (κ3) is 3.10. The minimum absolute atomic E-state index is 0.0584. The Kier molecular flexibility index (Phi) is 5.09. The molecule has 0 aliphatic carbocycles. The third-order valence-corrected chi connectivity index (χ3v) is 7.20. The van der Waals surface area contributed by atoms with Gasteiger partial charge in [0.2, 0.25) is 12.7 Å². The van der Waals surface area contributed by atoms with Gasteiger partial charge < -0.3 is 23.8 Å². The summed E-state index contributed by atoms with van der Waals surface area (Å²) in [5, 5.41) is 0. The lowest BCUT2D eigenvalue weighted by Crippen LogP contribution is -2.43. The average molecular weight is 476 g/mol. The van der Waals surface area contributed by atoms with Crippen molar-refractivity contribution in [3.8, 4) is 34.1 Å². The van der Waals surface area contributed by atoms with Gasteiger partial charge in [0.1, 0.15) is 29.3 Å². The Bertz CT molecular complexity index is 1340. The molecular weight excluding hydrogens is 449 g/mol. The van der Waals surface area contributed by atoms with E-state index in [1.807, 2.05) is 29.2 Å². The number of fused-ring (bicyclic) bond motifs is 5. The molecule has 0 bridgehead atoms. The minimum atomic E-state index is -1.11. The van der Waals surface area contributed by atoms with Crippen LogP contribution in [-0.4, -0.2) is 33.0 Å². The van der Waals surface area contributed by atoms with Gasteiger partial charge in [0, 0.05) is 35.0 Å². The maximum absolute atomic E-state index is 15.2. The summed E-state index contributed by atoms with van der Waals surface area (Å²) in [6.45, 7) is 2.98. The lowest BCUT2D eigenvalue weighted by atomic mass is 9.74. The fourth-order valence-corrected chi connectivity index (χ4v) is 5.49. The number of unbranched alkanes of at least 4 members (excludes halogenated alkanes) is 2. The van der Waals surface area contributed by atoms with E-state index in [2.05, 4.69) is 6.92 Å².